The summed E-state index contributed by atoms with van der Waals surface area (Å²) in [6.45, 7) is 3.21. The van der Waals surface area contributed by atoms with Gasteiger partial charge in [-0.2, -0.15) is 0 Å². The first-order valence-electron chi connectivity index (χ1n) is 8.30. The Morgan fingerprint density at radius 3 is 2.58 bits per heavy atom. The molecule has 2 aromatic rings. The lowest BCUT2D eigenvalue weighted by Crippen LogP contribution is -2.44. The van der Waals surface area contributed by atoms with Gasteiger partial charge in [0.15, 0.2) is 6.10 Å². The number of nitrogens with zero attached hydrogens (tertiary/aromatic N) is 1. The topological polar surface area (TPSA) is 46.6 Å². The van der Waals surface area contributed by atoms with Crippen molar-refractivity contribution in [2.45, 2.75) is 32.4 Å². The number of carbonyl (C=O) groups is 2. The van der Waals surface area contributed by atoms with Crippen LogP contribution in [-0.2, 0) is 22.5 Å². The molecule has 1 aliphatic rings. The van der Waals surface area contributed by atoms with Crippen LogP contribution in [0, 0.1) is 0 Å². The Morgan fingerprint density at radius 1 is 1.12 bits per heavy atom. The maximum Gasteiger partial charge on any atom is 0.339 e. The maximum absolute atomic E-state index is 12.9. The summed E-state index contributed by atoms with van der Waals surface area (Å²) in [5, 5.41) is 0. The van der Waals surface area contributed by atoms with Crippen LogP contribution in [0.4, 0.5) is 0 Å². The molecule has 1 unspecified atom stereocenters. The highest BCUT2D eigenvalue weighted by molar-refractivity contribution is 5.95. The van der Waals surface area contributed by atoms with Gasteiger partial charge in [0.1, 0.15) is 0 Å². The number of carbonyl (C=O) groups excluding carboxylic acids is 2. The number of fused-ring (bicyclic) bond motifs is 1. The highest BCUT2D eigenvalue weighted by Gasteiger charge is 2.33. The molecule has 3 rings (SSSR count). The molecule has 1 amide bonds. The van der Waals surface area contributed by atoms with Gasteiger partial charge in [0.2, 0.25) is 0 Å². The molecule has 0 fully saturated rings. The predicted molar refractivity (Wildman–Crippen MR) is 91.5 cm³/mol. The third-order valence-electron chi connectivity index (χ3n) is 4.19. The number of rotatable bonds is 5. The molecular weight excluding hydrogens is 302 g/mol. The number of cyclic esters (lactones) is 1. The quantitative estimate of drug-likeness (QED) is 0.794. The molecule has 1 aliphatic heterocycles. The Kier molecular flexibility index (Phi) is 4.94. The number of hydrogen-bond donors (Lipinski definition) is 0. The van der Waals surface area contributed by atoms with Crippen molar-refractivity contribution in [1.82, 2.24) is 4.90 Å². The molecule has 2 aromatic carbocycles. The molecule has 0 bridgehead atoms. The van der Waals surface area contributed by atoms with Gasteiger partial charge in [-0.25, -0.2) is 4.79 Å². The largest absolute Gasteiger partial charge is 0.448 e. The maximum atomic E-state index is 12.9. The minimum Gasteiger partial charge on any atom is -0.448 e. The van der Waals surface area contributed by atoms with Crippen LogP contribution in [0.1, 0.15) is 34.8 Å². The van der Waals surface area contributed by atoms with Gasteiger partial charge >= 0.3 is 5.97 Å². The van der Waals surface area contributed by atoms with E-state index in [9.17, 15) is 9.59 Å². The molecule has 24 heavy (non-hydrogen) atoms. The van der Waals surface area contributed by atoms with Crippen molar-refractivity contribution in [1.29, 1.82) is 0 Å². The third kappa shape index (κ3) is 3.48. The van der Waals surface area contributed by atoms with Gasteiger partial charge < -0.3 is 9.64 Å². The summed E-state index contributed by atoms with van der Waals surface area (Å²) in [6, 6.07) is 17.2. The van der Waals surface area contributed by atoms with Gasteiger partial charge in [0.25, 0.3) is 5.91 Å². The summed E-state index contributed by atoms with van der Waals surface area (Å²) in [6.07, 6.45) is 0.564. The number of esters is 1. The zero-order valence-electron chi connectivity index (χ0n) is 13.8. The second-order valence-electron chi connectivity index (χ2n) is 6.00. The summed E-state index contributed by atoms with van der Waals surface area (Å²) in [4.78, 5) is 26.8. The van der Waals surface area contributed by atoms with E-state index < -0.39 is 12.1 Å². The summed E-state index contributed by atoms with van der Waals surface area (Å²) in [7, 11) is 0. The molecule has 124 valence electrons. The standard InChI is InChI=1S/C20H21NO3/c1-2-12-21(14-15-8-4-3-5-9-15)19(22)18-13-16-10-6-7-11-17(16)20(23)24-18/h3-11,18H,2,12-14H2,1H3. The van der Waals surface area contributed by atoms with Crippen molar-refractivity contribution in [2.75, 3.05) is 6.54 Å². The molecular formula is C20H21NO3. The van der Waals surface area contributed by atoms with E-state index in [2.05, 4.69) is 0 Å². The van der Waals surface area contributed by atoms with Crippen molar-refractivity contribution in [3.8, 4) is 0 Å². The van der Waals surface area contributed by atoms with E-state index in [1.165, 1.54) is 0 Å². The van der Waals surface area contributed by atoms with Gasteiger partial charge in [0.05, 0.1) is 5.56 Å². The SMILES string of the molecule is CCCN(Cc1ccccc1)C(=O)C1Cc2ccccc2C(=O)O1. The summed E-state index contributed by atoms with van der Waals surface area (Å²) < 4.78 is 5.41. The lowest BCUT2D eigenvalue weighted by atomic mass is 9.98. The zero-order valence-corrected chi connectivity index (χ0v) is 13.8. The minimum atomic E-state index is -0.734. The predicted octanol–water partition coefficient (Wildman–Crippen LogP) is 3.21. The molecule has 0 saturated heterocycles. The van der Waals surface area contributed by atoms with Crippen LogP contribution in [0.2, 0.25) is 0 Å². The van der Waals surface area contributed by atoms with Crippen LogP contribution in [0.25, 0.3) is 0 Å². The van der Waals surface area contributed by atoms with Crippen LogP contribution in [0.15, 0.2) is 54.6 Å². The van der Waals surface area contributed by atoms with Crippen molar-refractivity contribution in [3.05, 3.63) is 71.3 Å². The normalized spacial score (nSPS) is 16.2. The van der Waals surface area contributed by atoms with Gasteiger partial charge in [-0.05, 0) is 23.6 Å². The van der Waals surface area contributed by atoms with E-state index in [1.54, 1.807) is 17.0 Å². The fraction of sp³-hybridized carbons (Fsp3) is 0.300. The molecule has 1 heterocycles. The zero-order chi connectivity index (χ0) is 16.9. The number of ether oxygens (including phenoxy) is 1. The highest BCUT2D eigenvalue weighted by Crippen LogP contribution is 2.22. The summed E-state index contributed by atoms with van der Waals surface area (Å²) >= 11 is 0. The van der Waals surface area contributed by atoms with Crippen molar-refractivity contribution < 1.29 is 14.3 Å². The average Bonchev–Trinajstić information content (AvgIpc) is 2.61. The van der Waals surface area contributed by atoms with E-state index >= 15 is 0 Å². The Labute approximate surface area is 142 Å². The number of hydrogen-bond acceptors (Lipinski definition) is 3. The second kappa shape index (κ2) is 7.30. The highest BCUT2D eigenvalue weighted by atomic mass is 16.5. The molecule has 0 N–H and O–H groups in total. The first kappa shape index (κ1) is 16.2. The number of benzene rings is 2. The van der Waals surface area contributed by atoms with E-state index in [1.807, 2.05) is 49.4 Å². The molecule has 1 atom stereocenters. The van der Waals surface area contributed by atoms with Crippen LogP contribution in [0.3, 0.4) is 0 Å². The smallest absolute Gasteiger partial charge is 0.339 e. The Balaban J connectivity index is 1.77. The fourth-order valence-electron chi connectivity index (χ4n) is 3.01. The van der Waals surface area contributed by atoms with E-state index in [4.69, 9.17) is 4.74 Å². The van der Waals surface area contributed by atoms with E-state index in [0.29, 0.717) is 25.1 Å². The van der Waals surface area contributed by atoms with E-state index in [-0.39, 0.29) is 5.91 Å². The van der Waals surface area contributed by atoms with Crippen LogP contribution < -0.4 is 0 Å². The Morgan fingerprint density at radius 2 is 1.83 bits per heavy atom. The lowest BCUT2D eigenvalue weighted by Gasteiger charge is -2.30. The average molecular weight is 323 g/mol. The van der Waals surface area contributed by atoms with Crippen LogP contribution >= 0.6 is 0 Å². The molecule has 4 nitrogen and oxygen atoms in total. The first-order valence-corrected chi connectivity index (χ1v) is 8.30. The van der Waals surface area contributed by atoms with Crippen molar-refractivity contribution in [3.63, 3.8) is 0 Å². The molecule has 0 aliphatic carbocycles. The summed E-state index contributed by atoms with van der Waals surface area (Å²) in [5.74, 6) is -0.532. The van der Waals surface area contributed by atoms with Crippen molar-refractivity contribution in [2.24, 2.45) is 0 Å². The molecule has 0 saturated carbocycles. The first-order chi connectivity index (χ1) is 11.7. The molecule has 4 heteroatoms. The van der Waals surface area contributed by atoms with Gasteiger partial charge in [-0.3, -0.25) is 4.79 Å². The molecule has 0 aromatic heterocycles. The Hall–Kier alpha value is -2.62. The fourth-order valence-corrected chi connectivity index (χ4v) is 3.01. The lowest BCUT2D eigenvalue weighted by molar-refractivity contribution is -0.141. The Bertz CT molecular complexity index is 727. The molecule has 0 radical (unpaired) electrons. The van der Waals surface area contributed by atoms with Gasteiger partial charge in [0, 0.05) is 19.5 Å². The minimum absolute atomic E-state index is 0.122. The summed E-state index contributed by atoms with van der Waals surface area (Å²) in [5.41, 5.74) is 2.51. The second-order valence-corrected chi connectivity index (χ2v) is 6.00. The van der Waals surface area contributed by atoms with Gasteiger partial charge in [-0.15, -0.1) is 0 Å². The molecule has 0 spiro atoms. The van der Waals surface area contributed by atoms with E-state index in [0.717, 1.165) is 17.5 Å². The van der Waals surface area contributed by atoms with Crippen LogP contribution in [-0.4, -0.2) is 29.4 Å². The van der Waals surface area contributed by atoms with Crippen molar-refractivity contribution >= 4 is 11.9 Å². The number of amides is 1. The third-order valence-corrected chi connectivity index (χ3v) is 4.19. The monoisotopic (exact) mass is 323 g/mol. The van der Waals surface area contributed by atoms with Crippen LogP contribution in [0.5, 0.6) is 0 Å². The van der Waals surface area contributed by atoms with Gasteiger partial charge in [-0.1, -0.05) is 55.5 Å².